The zero-order valence-corrected chi connectivity index (χ0v) is 9.87. The molecule has 0 fully saturated rings. The second-order valence-corrected chi connectivity index (χ2v) is 3.64. The number of rotatable bonds is 3. The standard InChI is InChI=1S/C11H13BrO2/c1-8(14-9(2)13)11-6-4-3-5-10(11)7-12/h3-6,8H,7H2,1-2H3. The molecule has 0 saturated carbocycles. The van der Waals surface area contributed by atoms with Crippen LogP contribution >= 0.6 is 15.9 Å². The Kier molecular flexibility index (Phi) is 4.14. The Morgan fingerprint density at radius 3 is 2.71 bits per heavy atom. The monoisotopic (exact) mass is 256 g/mol. The fourth-order valence-electron chi connectivity index (χ4n) is 1.36. The quantitative estimate of drug-likeness (QED) is 0.614. The maximum Gasteiger partial charge on any atom is 0.303 e. The highest BCUT2D eigenvalue weighted by Gasteiger charge is 2.11. The molecule has 1 aromatic carbocycles. The van der Waals surface area contributed by atoms with E-state index in [-0.39, 0.29) is 12.1 Å². The summed E-state index contributed by atoms with van der Waals surface area (Å²) in [5.74, 6) is -0.248. The predicted molar refractivity (Wildman–Crippen MR) is 59.3 cm³/mol. The van der Waals surface area contributed by atoms with Gasteiger partial charge in [-0.3, -0.25) is 4.79 Å². The van der Waals surface area contributed by atoms with E-state index < -0.39 is 0 Å². The van der Waals surface area contributed by atoms with E-state index in [1.54, 1.807) is 0 Å². The first kappa shape index (κ1) is 11.2. The zero-order valence-electron chi connectivity index (χ0n) is 8.29. The fourth-order valence-corrected chi connectivity index (χ4v) is 1.88. The van der Waals surface area contributed by atoms with Crippen molar-refractivity contribution in [1.29, 1.82) is 0 Å². The van der Waals surface area contributed by atoms with Crippen molar-refractivity contribution in [3.8, 4) is 0 Å². The average Bonchev–Trinajstić information content (AvgIpc) is 2.16. The number of hydrogen-bond acceptors (Lipinski definition) is 2. The predicted octanol–water partition coefficient (Wildman–Crippen LogP) is 3.21. The van der Waals surface area contributed by atoms with Gasteiger partial charge in [0.1, 0.15) is 6.10 Å². The summed E-state index contributed by atoms with van der Waals surface area (Å²) in [6.45, 7) is 3.30. The van der Waals surface area contributed by atoms with Gasteiger partial charge in [-0.2, -0.15) is 0 Å². The molecule has 1 atom stereocenters. The highest BCUT2D eigenvalue weighted by molar-refractivity contribution is 9.08. The number of carbonyl (C=O) groups is 1. The third-order valence-electron chi connectivity index (χ3n) is 1.98. The first-order valence-corrected chi connectivity index (χ1v) is 5.58. The van der Waals surface area contributed by atoms with Crippen molar-refractivity contribution < 1.29 is 9.53 Å². The first-order valence-electron chi connectivity index (χ1n) is 4.46. The minimum atomic E-state index is -0.248. The molecule has 3 heteroatoms. The van der Waals surface area contributed by atoms with Crippen LogP contribution in [0.25, 0.3) is 0 Å². The minimum Gasteiger partial charge on any atom is -0.458 e. The number of esters is 1. The van der Waals surface area contributed by atoms with Crippen LogP contribution in [-0.2, 0) is 14.9 Å². The van der Waals surface area contributed by atoms with E-state index in [1.807, 2.05) is 31.2 Å². The first-order chi connectivity index (χ1) is 6.65. The summed E-state index contributed by atoms with van der Waals surface area (Å²) in [6.07, 6.45) is -0.179. The third-order valence-corrected chi connectivity index (χ3v) is 2.58. The molecular weight excluding hydrogens is 244 g/mol. The van der Waals surface area contributed by atoms with Crippen LogP contribution in [0.1, 0.15) is 31.1 Å². The van der Waals surface area contributed by atoms with Crippen LogP contribution in [0.5, 0.6) is 0 Å². The van der Waals surface area contributed by atoms with Crippen molar-refractivity contribution >= 4 is 21.9 Å². The summed E-state index contributed by atoms with van der Waals surface area (Å²) >= 11 is 3.40. The highest BCUT2D eigenvalue weighted by atomic mass is 79.9. The van der Waals surface area contributed by atoms with Gasteiger partial charge in [0.15, 0.2) is 0 Å². The second-order valence-electron chi connectivity index (χ2n) is 3.08. The lowest BCUT2D eigenvalue weighted by Gasteiger charge is -2.15. The molecule has 1 aromatic rings. The Balaban J connectivity index is 2.87. The maximum atomic E-state index is 10.8. The second kappa shape index (κ2) is 5.15. The van der Waals surface area contributed by atoms with Gasteiger partial charge in [-0.15, -0.1) is 0 Å². The number of carbonyl (C=O) groups excluding carboxylic acids is 1. The zero-order chi connectivity index (χ0) is 10.6. The number of ether oxygens (including phenoxy) is 1. The summed E-state index contributed by atoms with van der Waals surface area (Å²) in [5, 5.41) is 0.773. The van der Waals surface area contributed by atoms with Crippen LogP contribution < -0.4 is 0 Å². The van der Waals surface area contributed by atoms with Gasteiger partial charge >= 0.3 is 5.97 Å². The Labute approximate surface area is 92.4 Å². The van der Waals surface area contributed by atoms with Crippen LogP contribution in [-0.4, -0.2) is 5.97 Å². The van der Waals surface area contributed by atoms with Gasteiger partial charge in [0.25, 0.3) is 0 Å². The summed E-state index contributed by atoms with van der Waals surface area (Å²) in [5.41, 5.74) is 2.21. The summed E-state index contributed by atoms with van der Waals surface area (Å²) in [6, 6.07) is 7.91. The summed E-state index contributed by atoms with van der Waals surface area (Å²) in [4.78, 5) is 10.8. The molecule has 2 nitrogen and oxygen atoms in total. The normalized spacial score (nSPS) is 12.2. The smallest absolute Gasteiger partial charge is 0.303 e. The molecule has 1 rings (SSSR count). The largest absolute Gasteiger partial charge is 0.458 e. The van der Waals surface area contributed by atoms with Gasteiger partial charge in [-0.05, 0) is 18.1 Å². The van der Waals surface area contributed by atoms with Crippen LogP contribution in [0.3, 0.4) is 0 Å². The maximum absolute atomic E-state index is 10.8. The molecule has 0 radical (unpaired) electrons. The van der Waals surface area contributed by atoms with Crippen LogP contribution in [0.4, 0.5) is 0 Å². The minimum absolute atomic E-state index is 0.179. The van der Waals surface area contributed by atoms with E-state index >= 15 is 0 Å². The molecule has 0 amide bonds. The van der Waals surface area contributed by atoms with Crippen molar-refractivity contribution in [2.75, 3.05) is 0 Å². The molecule has 0 saturated heterocycles. The van der Waals surface area contributed by atoms with Crippen molar-refractivity contribution in [3.05, 3.63) is 35.4 Å². The Morgan fingerprint density at radius 1 is 1.50 bits per heavy atom. The summed E-state index contributed by atoms with van der Waals surface area (Å²) in [7, 11) is 0. The van der Waals surface area contributed by atoms with Gasteiger partial charge < -0.3 is 4.74 Å². The Hall–Kier alpha value is -0.830. The van der Waals surface area contributed by atoms with E-state index in [0.717, 1.165) is 16.5 Å². The van der Waals surface area contributed by atoms with Crippen LogP contribution in [0.2, 0.25) is 0 Å². The fraction of sp³-hybridized carbons (Fsp3) is 0.364. The molecule has 1 unspecified atom stereocenters. The van der Waals surface area contributed by atoms with Crippen molar-refractivity contribution in [2.24, 2.45) is 0 Å². The van der Waals surface area contributed by atoms with Crippen LogP contribution in [0, 0.1) is 0 Å². The lowest BCUT2D eigenvalue weighted by molar-refractivity contribution is -0.145. The molecule has 0 bridgehead atoms. The van der Waals surface area contributed by atoms with E-state index in [4.69, 9.17) is 4.74 Å². The van der Waals surface area contributed by atoms with Gasteiger partial charge in [0.2, 0.25) is 0 Å². The van der Waals surface area contributed by atoms with Crippen LogP contribution in [0.15, 0.2) is 24.3 Å². The van der Waals surface area contributed by atoms with Gasteiger partial charge in [0.05, 0.1) is 0 Å². The van der Waals surface area contributed by atoms with Gasteiger partial charge in [-0.1, -0.05) is 40.2 Å². The topological polar surface area (TPSA) is 26.3 Å². The lowest BCUT2D eigenvalue weighted by Crippen LogP contribution is -2.06. The number of hydrogen-bond donors (Lipinski definition) is 0. The van der Waals surface area contributed by atoms with E-state index in [1.165, 1.54) is 6.92 Å². The van der Waals surface area contributed by atoms with Gasteiger partial charge in [-0.25, -0.2) is 0 Å². The highest BCUT2D eigenvalue weighted by Crippen LogP contribution is 2.22. The average molecular weight is 257 g/mol. The van der Waals surface area contributed by atoms with E-state index in [0.29, 0.717) is 0 Å². The molecule has 0 spiro atoms. The van der Waals surface area contributed by atoms with E-state index in [9.17, 15) is 4.79 Å². The van der Waals surface area contributed by atoms with Gasteiger partial charge in [0, 0.05) is 12.3 Å². The Morgan fingerprint density at radius 2 is 2.14 bits per heavy atom. The molecule has 0 heterocycles. The molecule has 0 N–H and O–H groups in total. The number of benzene rings is 1. The summed E-state index contributed by atoms with van der Waals surface area (Å²) < 4.78 is 5.12. The molecule has 14 heavy (non-hydrogen) atoms. The molecule has 0 aliphatic rings. The number of halogens is 1. The molecule has 0 aliphatic carbocycles. The van der Waals surface area contributed by atoms with Crippen molar-refractivity contribution in [2.45, 2.75) is 25.3 Å². The molecule has 0 aliphatic heterocycles. The molecule has 0 aromatic heterocycles. The molecule has 76 valence electrons. The number of alkyl halides is 1. The Bertz CT molecular complexity index is 323. The van der Waals surface area contributed by atoms with Crippen molar-refractivity contribution in [3.63, 3.8) is 0 Å². The van der Waals surface area contributed by atoms with E-state index in [2.05, 4.69) is 15.9 Å². The third kappa shape index (κ3) is 2.84. The SMILES string of the molecule is CC(=O)OC(C)c1ccccc1CBr. The lowest BCUT2D eigenvalue weighted by atomic mass is 10.0. The molecular formula is C11H13BrO2. The van der Waals surface area contributed by atoms with Crippen molar-refractivity contribution in [1.82, 2.24) is 0 Å².